The quantitative estimate of drug-likeness (QED) is 0.243. The minimum Gasteiger partial charge on any atom is -0.351 e. The number of likely N-dealkylation sites (tertiary alicyclic amines) is 1. The Kier molecular flexibility index (Phi) is 7.91. The van der Waals surface area contributed by atoms with Gasteiger partial charge >= 0.3 is 0 Å². The Balaban J connectivity index is 1.43. The van der Waals surface area contributed by atoms with Crippen LogP contribution in [0.15, 0.2) is 18.3 Å². The highest BCUT2D eigenvalue weighted by Crippen LogP contribution is 2.45. The highest BCUT2D eigenvalue weighted by Gasteiger charge is 2.36. The molecule has 3 aromatic heterocycles. The molecule has 2 fully saturated rings. The highest BCUT2D eigenvalue weighted by atomic mass is 35.5. The van der Waals surface area contributed by atoms with Crippen LogP contribution in [0.3, 0.4) is 0 Å². The van der Waals surface area contributed by atoms with Crippen LogP contribution in [0.5, 0.6) is 0 Å². The van der Waals surface area contributed by atoms with E-state index in [2.05, 4.69) is 48.2 Å². The molecule has 0 radical (unpaired) electrons. The van der Waals surface area contributed by atoms with Crippen molar-refractivity contribution in [3.63, 3.8) is 0 Å². The number of rotatable bonds is 5. The number of nitriles is 1. The third-order valence-corrected chi connectivity index (χ3v) is 10.2. The van der Waals surface area contributed by atoms with Gasteiger partial charge in [0.05, 0.1) is 35.3 Å². The summed E-state index contributed by atoms with van der Waals surface area (Å²) in [5.41, 5.74) is 3.35. The first-order valence-electron chi connectivity index (χ1n) is 15.3. The van der Waals surface area contributed by atoms with Crippen LogP contribution in [0.25, 0.3) is 44.0 Å². The van der Waals surface area contributed by atoms with Gasteiger partial charge in [0.1, 0.15) is 11.0 Å². The first kappa shape index (κ1) is 31.1. The molecule has 0 bridgehead atoms. The van der Waals surface area contributed by atoms with Gasteiger partial charge in [0, 0.05) is 58.6 Å². The van der Waals surface area contributed by atoms with Crippen LogP contribution < -0.4 is 4.90 Å². The summed E-state index contributed by atoms with van der Waals surface area (Å²) in [7, 11) is 4.06. The normalized spacial score (nSPS) is 18.5. The Morgan fingerprint density at radius 1 is 1.17 bits per heavy atom. The second-order valence-corrected chi connectivity index (χ2v) is 13.2. The van der Waals surface area contributed by atoms with Crippen molar-refractivity contribution >= 4 is 67.8 Å². The van der Waals surface area contributed by atoms with Crippen molar-refractivity contribution in [3.05, 3.63) is 39.8 Å². The van der Waals surface area contributed by atoms with Gasteiger partial charge in [-0.05, 0) is 64.4 Å². The molecule has 11 nitrogen and oxygen atoms in total. The fraction of sp³-hybridized carbons (Fsp3) is 0.394. The van der Waals surface area contributed by atoms with Crippen molar-refractivity contribution in [3.8, 4) is 29.0 Å². The minimum atomic E-state index is -0.582. The Bertz CT molecular complexity index is 2190. The summed E-state index contributed by atoms with van der Waals surface area (Å²) in [4.78, 5) is 23.6. The lowest BCUT2D eigenvalue weighted by molar-refractivity contribution is -0.129. The van der Waals surface area contributed by atoms with E-state index in [0.29, 0.717) is 87.8 Å². The van der Waals surface area contributed by atoms with Gasteiger partial charge in [-0.3, -0.25) is 9.89 Å². The van der Waals surface area contributed by atoms with E-state index in [-0.39, 0.29) is 40.5 Å². The Labute approximate surface area is 280 Å². The molecule has 2 saturated heterocycles. The predicted octanol–water partition coefficient (Wildman–Crippen LogP) is 5.50. The molecule has 1 N–H and O–H groups in total. The van der Waals surface area contributed by atoms with Crippen LogP contribution in [0.4, 0.5) is 10.2 Å². The maximum absolute atomic E-state index is 17.1. The zero-order valence-electron chi connectivity index (χ0n) is 26.3. The highest BCUT2D eigenvalue weighted by molar-refractivity contribution is 6.36. The number of benzene rings is 2. The molecular formula is C33H31Cl2FN10O. The van der Waals surface area contributed by atoms with Crippen LogP contribution in [-0.2, 0) is 4.79 Å². The molecule has 14 heteroatoms. The third kappa shape index (κ3) is 5.03. The summed E-state index contributed by atoms with van der Waals surface area (Å²) < 4.78 is 18.9. The molecule has 1 amide bonds. The molecule has 0 unspecified atom stereocenters. The molecular weight excluding hydrogens is 642 g/mol. The molecule has 0 aliphatic carbocycles. The number of amides is 1. The van der Waals surface area contributed by atoms with Gasteiger partial charge in [-0.25, -0.2) is 14.1 Å². The third-order valence-electron chi connectivity index (χ3n) is 9.51. The van der Waals surface area contributed by atoms with Crippen molar-refractivity contribution in [2.24, 2.45) is 0 Å². The number of carbonyl (C=O) groups excluding carboxylic acids is 1. The van der Waals surface area contributed by atoms with Crippen molar-refractivity contribution in [2.45, 2.75) is 51.2 Å². The number of carbonyl (C=O) groups is 1. The molecule has 2 aromatic carbocycles. The lowest BCUT2D eigenvalue weighted by atomic mass is 9.94. The molecule has 0 spiro atoms. The standard InChI is InChI=1S/C33H31Cl2FN10O/c1-5-6-26(47)45-10-8-19(11-18(45)7-9-37)46-32-21-12-24(35)28(27-17(2)23(34)13-25-22(27)14-38-40-25)29(36)30(21)39-33(31(32)41-42-46)44-15-20(16-44)43(3)4/h12-14,18-20H,7-8,10-11,15-16H2,1-4H3,(H,38,40)/t18-,19+/m1/s1. The van der Waals surface area contributed by atoms with E-state index in [1.807, 2.05) is 21.0 Å². The predicted molar refractivity (Wildman–Crippen MR) is 180 cm³/mol. The Morgan fingerprint density at radius 2 is 1.96 bits per heavy atom. The molecule has 0 saturated carbocycles. The van der Waals surface area contributed by atoms with E-state index >= 15 is 4.39 Å². The van der Waals surface area contributed by atoms with Gasteiger partial charge in [-0.1, -0.05) is 34.3 Å². The van der Waals surface area contributed by atoms with Crippen LogP contribution >= 0.6 is 23.2 Å². The summed E-state index contributed by atoms with van der Waals surface area (Å²) >= 11 is 13.6. The number of piperidine rings is 1. The first-order chi connectivity index (χ1) is 22.6. The number of nitrogens with one attached hydrogen (secondary N) is 1. The summed E-state index contributed by atoms with van der Waals surface area (Å²) in [6.45, 7) is 5.23. The van der Waals surface area contributed by atoms with Crippen LogP contribution in [0.2, 0.25) is 10.0 Å². The van der Waals surface area contributed by atoms with Gasteiger partial charge in [0.25, 0.3) is 5.91 Å². The monoisotopic (exact) mass is 672 g/mol. The average Bonchev–Trinajstić information content (AvgIpc) is 3.66. The number of aromatic nitrogens is 6. The fourth-order valence-electron chi connectivity index (χ4n) is 6.89. The molecule has 5 aromatic rings. The summed E-state index contributed by atoms with van der Waals surface area (Å²) in [6, 6.07) is 5.44. The molecule has 2 aliphatic heterocycles. The molecule has 2 aliphatic rings. The number of hydrogen-bond donors (Lipinski definition) is 1. The zero-order valence-corrected chi connectivity index (χ0v) is 27.8. The van der Waals surface area contributed by atoms with E-state index < -0.39 is 5.82 Å². The number of hydrogen-bond acceptors (Lipinski definition) is 8. The number of nitrogens with zero attached hydrogens (tertiary/aromatic N) is 9. The van der Waals surface area contributed by atoms with Crippen LogP contribution in [0, 0.1) is 35.9 Å². The largest absolute Gasteiger partial charge is 0.351 e. The van der Waals surface area contributed by atoms with Crippen molar-refractivity contribution in [1.82, 2.24) is 40.0 Å². The number of fused-ring (bicyclic) bond motifs is 4. The van der Waals surface area contributed by atoms with Gasteiger partial charge in [-0.2, -0.15) is 10.4 Å². The zero-order chi connectivity index (χ0) is 33.1. The van der Waals surface area contributed by atoms with Crippen molar-refractivity contribution < 1.29 is 9.18 Å². The molecule has 5 heterocycles. The van der Waals surface area contributed by atoms with Gasteiger partial charge in [-0.15, -0.1) is 5.10 Å². The Hall–Kier alpha value is -4.49. The second-order valence-electron chi connectivity index (χ2n) is 12.4. The molecule has 2 atom stereocenters. The number of likely N-dealkylation sites (N-methyl/N-ethyl adjacent to an activating group) is 1. The van der Waals surface area contributed by atoms with E-state index in [9.17, 15) is 10.1 Å². The van der Waals surface area contributed by atoms with Crippen molar-refractivity contribution in [2.75, 3.05) is 38.6 Å². The molecule has 47 heavy (non-hydrogen) atoms. The van der Waals surface area contributed by atoms with Crippen molar-refractivity contribution in [1.29, 1.82) is 5.26 Å². The fourth-order valence-corrected chi connectivity index (χ4v) is 7.38. The number of H-pyrrole nitrogens is 1. The maximum Gasteiger partial charge on any atom is 0.298 e. The van der Waals surface area contributed by atoms with Crippen LogP contribution in [-0.4, -0.2) is 91.7 Å². The SMILES string of the molecule is CC#CC(=O)N1CC[C@H](n2nnc3c(N4CC(N(C)C)C4)nc4c(F)c(-c5c(C)c(Cl)cc6[nH]ncc56)c(Cl)cc4c32)C[C@H]1CC#N. The van der Waals surface area contributed by atoms with E-state index in [0.717, 1.165) is 0 Å². The van der Waals surface area contributed by atoms with Gasteiger partial charge in [0.15, 0.2) is 17.2 Å². The molecule has 240 valence electrons. The average molecular weight is 674 g/mol. The van der Waals surface area contributed by atoms with E-state index in [1.165, 1.54) is 0 Å². The van der Waals surface area contributed by atoms with Gasteiger partial charge in [0.2, 0.25) is 0 Å². The number of halogens is 3. The summed E-state index contributed by atoms with van der Waals surface area (Å²) in [5, 5.41) is 27.7. The van der Waals surface area contributed by atoms with E-state index in [4.69, 9.17) is 28.2 Å². The second kappa shape index (κ2) is 11.9. The number of pyridine rings is 1. The smallest absolute Gasteiger partial charge is 0.298 e. The first-order valence-corrected chi connectivity index (χ1v) is 16.1. The molecule has 7 rings (SSSR count). The lowest BCUT2D eigenvalue weighted by Gasteiger charge is -2.43. The Morgan fingerprint density at radius 3 is 2.68 bits per heavy atom. The van der Waals surface area contributed by atoms with Crippen LogP contribution in [0.1, 0.15) is 37.8 Å². The maximum atomic E-state index is 17.1. The topological polar surface area (TPSA) is 123 Å². The minimum absolute atomic E-state index is 0.138. The number of anilines is 1. The van der Waals surface area contributed by atoms with E-state index in [1.54, 1.807) is 34.8 Å². The van der Waals surface area contributed by atoms with Gasteiger partial charge < -0.3 is 14.7 Å². The summed E-state index contributed by atoms with van der Waals surface area (Å²) in [5.74, 6) is 4.93. The lowest BCUT2D eigenvalue weighted by Crippen LogP contribution is -2.57. The summed E-state index contributed by atoms with van der Waals surface area (Å²) in [6.07, 6.45) is 2.80. The number of aromatic amines is 1.